The zero-order valence-corrected chi connectivity index (χ0v) is 41.1. The van der Waals surface area contributed by atoms with Gasteiger partial charge in [0.15, 0.2) is 0 Å². The summed E-state index contributed by atoms with van der Waals surface area (Å²) in [6, 6.07) is 52.6. The molecule has 0 N–H and O–H groups in total. The fourth-order valence-electron chi connectivity index (χ4n) is 12.1. The molecule has 7 aromatic rings. The van der Waals surface area contributed by atoms with Gasteiger partial charge >= 0.3 is 6.85 Å². The maximum Gasteiger partial charge on any atom is 0.333 e. The second-order valence-corrected chi connectivity index (χ2v) is 23.8. The van der Waals surface area contributed by atoms with Gasteiger partial charge in [-0.2, -0.15) is 0 Å². The summed E-state index contributed by atoms with van der Waals surface area (Å²) in [4.78, 5) is 5.42. The molecule has 326 valence electrons. The van der Waals surface area contributed by atoms with E-state index in [4.69, 9.17) is 0 Å². The van der Waals surface area contributed by atoms with Gasteiger partial charge in [-0.25, -0.2) is 0 Å². The van der Waals surface area contributed by atoms with Gasteiger partial charge in [0.05, 0.1) is 5.69 Å². The van der Waals surface area contributed by atoms with Crippen LogP contribution >= 0.6 is 0 Å². The maximum absolute atomic E-state index is 2.75. The minimum Gasteiger partial charge on any atom is -0.376 e. The predicted octanol–water partition coefficient (Wildman–Crippen LogP) is 15.6. The third-order valence-electron chi connectivity index (χ3n) is 16.1. The van der Waals surface area contributed by atoms with E-state index in [9.17, 15) is 0 Å². The van der Waals surface area contributed by atoms with Crippen molar-refractivity contribution in [2.24, 2.45) is 0 Å². The first-order valence-electron chi connectivity index (χ1n) is 24.2. The van der Waals surface area contributed by atoms with Crippen LogP contribution in [0.25, 0.3) is 33.4 Å². The summed E-state index contributed by atoms with van der Waals surface area (Å²) in [6.07, 6.45) is 2.35. The van der Waals surface area contributed by atoms with E-state index in [1.165, 1.54) is 125 Å². The number of hydrogen-bond acceptors (Lipinski definition) is 2. The van der Waals surface area contributed by atoms with Crippen LogP contribution in [0.1, 0.15) is 135 Å². The van der Waals surface area contributed by atoms with Crippen LogP contribution in [-0.2, 0) is 27.1 Å². The summed E-state index contributed by atoms with van der Waals surface area (Å²) in [5.41, 5.74) is 26.6. The van der Waals surface area contributed by atoms with Gasteiger partial charge in [-0.05, 0) is 162 Å². The van der Waals surface area contributed by atoms with Crippen molar-refractivity contribution in [1.29, 1.82) is 0 Å². The molecule has 2 heterocycles. The van der Waals surface area contributed by atoms with Gasteiger partial charge in [0, 0.05) is 39.3 Å². The molecule has 65 heavy (non-hydrogen) atoms. The highest BCUT2D eigenvalue weighted by Gasteiger charge is 2.49. The Morgan fingerprint density at radius 1 is 0.462 bits per heavy atom. The number of aryl methyl sites for hydroxylation is 1. The van der Waals surface area contributed by atoms with E-state index in [1.807, 2.05) is 0 Å². The Kier molecular flexibility index (Phi) is 8.93. The molecule has 0 spiro atoms. The van der Waals surface area contributed by atoms with Gasteiger partial charge in [-0.15, -0.1) is 0 Å². The van der Waals surface area contributed by atoms with Gasteiger partial charge in [0.2, 0.25) is 0 Å². The smallest absolute Gasteiger partial charge is 0.333 e. The fraction of sp³-hybridized carbons (Fsp3) is 0.323. The van der Waals surface area contributed by atoms with E-state index in [0.29, 0.717) is 0 Å². The molecular weight excluding hydrogens is 784 g/mol. The SMILES string of the molecule is Cc1cc2c3c(c1)N(c1ccc(C(C)(C)C)cc1-c1ccccc1)c1cc4c(cc1B3N(c1ccc(C(C)(C)C)cc1)c1cc3c(cc1-2)C(C)(C)CCC3(C)C)-c1ccccc1C4(C)C. The van der Waals surface area contributed by atoms with E-state index >= 15 is 0 Å². The summed E-state index contributed by atoms with van der Waals surface area (Å²) >= 11 is 0. The highest BCUT2D eigenvalue weighted by Crippen LogP contribution is 2.56. The zero-order chi connectivity index (χ0) is 45.7. The van der Waals surface area contributed by atoms with Crippen LogP contribution in [0.5, 0.6) is 0 Å². The summed E-state index contributed by atoms with van der Waals surface area (Å²) in [5, 5.41) is 0. The van der Waals surface area contributed by atoms with Gasteiger partial charge in [0.1, 0.15) is 0 Å². The predicted molar refractivity (Wildman–Crippen MR) is 281 cm³/mol. The minimum absolute atomic E-state index is 0.0136. The van der Waals surface area contributed by atoms with Crippen molar-refractivity contribution in [2.45, 2.75) is 130 Å². The van der Waals surface area contributed by atoms with Crippen LogP contribution in [0.4, 0.5) is 28.4 Å². The first-order valence-corrected chi connectivity index (χ1v) is 24.2. The molecule has 7 aromatic carbocycles. The van der Waals surface area contributed by atoms with E-state index in [-0.39, 0.29) is 33.9 Å². The standard InChI is InChI=1S/C62H65BN2/c1-38-31-47-46-34-50-51(61(10,11)30-29-60(50,8)9)37-54(46)65(42-26-23-40(24-27-42)58(2,3)4)63-52-35-45-43-21-17-18-22-48(43)62(12,13)49(45)36-55(52)64(56(32-38)57(47)63)53-28-25-41(59(5,6)7)33-44(53)39-19-15-14-16-20-39/h14-28,31-37H,29-30H2,1-13H3. The Morgan fingerprint density at radius 3 is 1.75 bits per heavy atom. The second kappa shape index (κ2) is 13.9. The fourth-order valence-corrected chi connectivity index (χ4v) is 12.1. The van der Waals surface area contributed by atoms with Crippen molar-refractivity contribution in [2.75, 3.05) is 9.71 Å². The third-order valence-corrected chi connectivity index (χ3v) is 16.1. The van der Waals surface area contributed by atoms with Gasteiger partial charge in [-0.1, -0.05) is 168 Å². The summed E-state index contributed by atoms with van der Waals surface area (Å²) in [5.74, 6) is 0. The van der Waals surface area contributed by atoms with Crippen LogP contribution in [0.3, 0.4) is 0 Å². The molecule has 3 heteroatoms. The van der Waals surface area contributed by atoms with Crippen molar-refractivity contribution in [1.82, 2.24) is 0 Å². The molecular formula is C62H65BN2. The summed E-state index contributed by atoms with van der Waals surface area (Å²) in [7, 11) is 0. The van der Waals surface area contributed by atoms with E-state index < -0.39 is 0 Å². The zero-order valence-electron chi connectivity index (χ0n) is 41.1. The Labute approximate surface area is 389 Å². The Balaban J connectivity index is 1.29. The normalized spacial score (nSPS) is 17.2. The van der Waals surface area contributed by atoms with E-state index in [2.05, 4.69) is 233 Å². The average Bonchev–Trinajstić information content (AvgIpc) is 3.48. The molecule has 0 atom stereocenters. The van der Waals surface area contributed by atoms with Crippen molar-refractivity contribution in [3.63, 3.8) is 0 Å². The van der Waals surface area contributed by atoms with Crippen LogP contribution in [0.2, 0.25) is 0 Å². The molecule has 0 fully saturated rings. The number of nitrogens with zero attached hydrogens (tertiary/aromatic N) is 2. The molecule has 0 saturated heterocycles. The summed E-state index contributed by atoms with van der Waals surface area (Å²) in [6.45, 7) is 30.9. The number of rotatable bonds is 3. The van der Waals surface area contributed by atoms with Crippen molar-refractivity contribution < 1.29 is 0 Å². The molecule has 0 unspecified atom stereocenters. The molecule has 2 aliphatic heterocycles. The topological polar surface area (TPSA) is 6.48 Å². The monoisotopic (exact) mass is 849 g/mol. The van der Waals surface area contributed by atoms with Crippen LogP contribution in [0, 0.1) is 6.92 Å². The maximum atomic E-state index is 2.75. The van der Waals surface area contributed by atoms with Crippen LogP contribution in [0.15, 0.2) is 133 Å². The quantitative estimate of drug-likeness (QED) is 0.163. The molecule has 0 amide bonds. The lowest BCUT2D eigenvalue weighted by Crippen LogP contribution is -2.62. The molecule has 0 bridgehead atoms. The molecule has 11 rings (SSSR count). The average molecular weight is 849 g/mol. The third kappa shape index (κ3) is 6.27. The first-order chi connectivity index (χ1) is 30.6. The number of benzene rings is 7. The van der Waals surface area contributed by atoms with Gasteiger partial charge < -0.3 is 9.71 Å². The van der Waals surface area contributed by atoms with Gasteiger partial charge in [-0.3, -0.25) is 0 Å². The molecule has 4 aliphatic rings. The Morgan fingerprint density at radius 2 is 1.08 bits per heavy atom. The van der Waals surface area contributed by atoms with Crippen molar-refractivity contribution in [3.8, 4) is 33.4 Å². The van der Waals surface area contributed by atoms with Crippen LogP contribution in [-0.4, -0.2) is 6.85 Å². The molecule has 0 radical (unpaired) electrons. The largest absolute Gasteiger partial charge is 0.376 e. The lowest BCUT2D eigenvalue weighted by atomic mass is 9.43. The minimum atomic E-state index is -0.165. The highest BCUT2D eigenvalue weighted by molar-refractivity contribution is 6.93. The number of anilines is 5. The van der Waals surface area contributed by atoms with Crippen LogP contribution < -0.4 is 20.6 Å². The van der Waals surface area contributed by atoms with Crippen molar-refractivity contribution >= 4 is 46.2 Å². The van der Waals surface area contributed by atoms with E-state index in [0.717, 1.165) is 0 Å². The Hall–Kier alpha value is -5.80. The first kappa shape index (κ1) is 41.9. The number of hydrogen-bond donors (Lipinski definition) is 0. The molecule has 0 saturated carbocycles. The Bertz CT molecular complexity index is 3100. The molecule has 0 aromatic heterocycles. The lowest BCUT2D eigenvalue weighted by Gasteiger charge is -2.48. The number of fused-ring (bicyclic) bond motifs is 8. The van der Waals surface area contributed by atoms with Gasteiger partial charge in [0.25, 0.3) is 0 Å². The molecule has 2 aliphatic carbocycles. The van der Waals surface area contributed by atoms with Crippen molar-refractivity contribution in [3.05, 3.63) is 172 Å². The summed E-state index contributed by atoms with van der Waals surface area (Å²) < 4.78 is 0. The molecule has 2 nitrogen and oxygen atoms in total. The highest BCUT2D eigenvalue weighted by atomic mass is 15.2. The second-order valence-electron chi connectivity index (χ2n) is 23.8. The van der Waals surface area contributed by atoms with E-state index in [1.54, 1.807) is 0 Å². The lowest BCUT2D eigenvalue weighted by molar-refractivity contribution is 0.332.